The molecule has 0 spiro atoms. The Bertz CT molecular complexity index is 221. The quantitative estimate of drug-likeness (QED) is 0.774. The van der Waals surface area contributed by atoms with Gasteiger partial charge in [-0.25, -0.2) is 0 Å². The van der Waals surface area contributed by atoms with Gasteiger partial charge in [-0.1, -0.05) is 20.8 Å². The van der Waals surface area contributed by atoms with Crippen molar-refractivity contribution in [1.29, 1.82) is 0 Å². The number of nitrogens with two attached hydrogens (primary N) is 1. The van der Waals surface area contributed by atoms with Gasteiger partial charge in [0, 0.05) is 11.3 Å². The van der Waals surface area contributed by atoms with Gasteiger partial charge in [0.05, 0.1) is 6.04 Å². The summed E-state index contributed by atoms with van der Waals surface area (Å²) < 4.78 is 0.0628. The fourth-order valence-corrected chi connectivity index (χ4v) is 1.09. The Balaban J connectivity index is 4.17. The maximum atomic E-state index is 11.7. The molecular weight excluding hydrogens is 208 g/mol. The molecule has 3 N–H and O–H groups in total. The molecular formula is C11H24N2OS. The summed E-state index contributed by atoms with van der Waals surface area (Å²) in [5.74, 6) is -0.0652. The van der Waals surface area contributed by atoms with Crippen LogP contribution >= 0.6 is 11.8 Å². The predicted molar refractivity (Wildman–Crippen MR) is 68.0 cm³/mol. The van der Waals surface area contributed by atoms with Crippen molar-refractivity contribution in [2.45, 2.75) is 45.4 Å². The van der Waals surface area contributed by atoms with Crippen molar-refractivity contribution in [3.8, 4) is 0 Å². The third kappa shape index (κ3) is 5.42. The van der Waals surface area contributed by atoms with Crippen molar-refractivity contribution in [1.82, 2.24) is 5.32 Å². The molecule has 0 bridgehead atoms. The number of amides is 1. The minimum absolute atomic E-state index is 0.0628. The Morgan fingerprint density at radius 2 is 1.80 bits per heavy atom. The second-order valence-corrected chi connectivity index (χ2v) is 7.04. The Labute approximate surface area is 97.6 Å². The average molecular weight is 232 g/mol. The lowest BCUT2D eigenvalue weighted by atomic mass is 9.87. The molecule has 0 rings (SSSR count). The first-order valence-electron chi connectivity index (χ1n) is 5.18. The highest BCUT2D eigenvalue weighted by Crippen LogP contribution is 2.21. The predicted octanol–water partition coefficient (Wildman–Crippen LogP) is 1.62. The van der Waals surface area contributed by atoms with Gasteiger partial charge in [-0.2, -0.15) is 11.8 Å². The number of carbonyl (C=O) groups excluding carboxylic acids is 1. The highest BCUT2D eigenvalue weighted by Gasteiger charge is 2.28. The molecule has 15 heavy (non-hydrogen) atoms. The molecule has 0 radical (unpaired) electrons. The zero-order valence-corrected chi connectivity index (χ0v) is 11.5. The van der Waals surface area contributed by atoms with Crippen LogP contribution in [0, 0.1) is 5.41 Å². The zero-order chi connectivity index (χ0) is 12.3. The lowest BCUT2D eigenvalue weighted by molar-refractivity contribution is -0.124. The van der Waals surface area contributed by atoms with Gasteiger partial charge in [0.1, 0.15) is 0 Å². The minimum atomic E-state index is -0.449. The molecule has 0 aliphatic heterocycles. The monoisotopic (exact) mass is 232 g/mol. The van der Waals surface area contributed by atoms with E-state index in [1.165, 1.54) is 0 Å². The second kappa shape index (κ2) is 5.21. The van der Waals surface area contributed by atoms with Crippen LogP contribution in [0.5, 0.6) is 0 Å². The van der Waals surface area contributed by atoms with Crippen molar-refractivity contribution in [2.24, 2.45) is 11.1 Å². The van der Waals surface area contributed by atoms with Crippen LogP contribution in [0.2, 0.25) is 0 Å². The van der Waals surface area contributed by atoms with Gasteiger partial charge in [-0.05, 0) is 25.5 Å². The molecule has 0 aromatic rings. The molecule has 0 heterocycles. The Hall–Kier alpha value is -0.220. The van der Waals surface area contributed by atoms with E-state index in [4.69, 9.17) is 5.73 Å². The normalized spacial score (nSPS) is 14.9. The van der Waals surface area contributed by atoms with E-state index in [9.17, 15) is 4.79 Å². The lowest BCUT2D eigenvalue weighted by Gasteiger charge is -2.28. The largest absolute Gasteiger partial charge is 0.353 e. The van der Waals surface area contributed by atoms with Crippen molar-refractivity contribution in [3.05, 3.63) is 0 Å². The van der Waals surface area contributed by atoms with Crippen molar-refractivity contribution in [2.75, 3.05) is 12.8 Å². The van der Waals surface area contributed by atoms with Crippen molar-refractivity contribution in [3.63, 3.8) is 0 Å². The van der Waals surface area contributed by atoms with E-state index < -0.39 is 6.04 Å². The third-order valence-electron chi connectivity index (χ3n) is 2.46. The molecule has 4 heteroatoms. The Kier molecular flexibility index (Phi) is 5.14. The molecule has 3 nitrogen and oxygen atoms in total. The summed E-state index contributed by atoms with van der Waals surface area (Å²) in [5.41, 5.74) is 5.66. The van der Waals surface area contributed by atoms with E-state index in [2.05, 4.69) is 19.2 Å². The van der Waals surface area contributed by atoms with Gasteiger partial charge in [0.2, 0.25) is 5.91 Å². The van der Waals surface area contributed by atoms with Crippen LogP contribution in [0.3, 0.4) is 0 Å². The first-order chi connectivity index (χ1) is 6.60. The van der Waals surface area contributed by atoms with Gasteiger partial charge >= 0.3 is 0 Å². The number of rotatable bonds is 4. The van der Waals surface area contributed by atoms with Gasteiger partial charge < -0.3 is 11.1 Å². The van der Waals surface area contributed by atoms with Crippen LogP contribution in [-0.2, 0) is 4.79 Å². The highest BCUT2D eigenvalue weighted by molar-refractivity contribution is 7.99. The molecule has 0 aliphatic carbocycles. The van der Waals surface area contributed by atoms with Gasteiger partial charge in [0.25, 0.3) is 0 Å². The first kappa shape index (κ1) is 14.8. The van der Waals surface area contributed by atoms with Crippen molar-refractivity contribution >= 4 is 17.7 Å². The van der Waals surface area contributed by atoms with Gasteiger partial charge in [-0.3, -0.25) is 4.79 Å². The van der Waals surface area contributed by atoms with E-state index in [0.29, 0.717) is 6.54 Å². The van der Waals surface area contributed by atoms with E-state index in [1.807, 2.05) is 27.0 Å². The molecule has 0 saturated carbocycles. The SMILES string of the molecule is CSC(C)(C)CNC(=O)[C@@H](N)C(C)(C)C. The van der Waals surface area contributed by atoms with Gasteiger partial charge in [-0.15, -0.1) is 0 Å². The van der Waals surface area contributed by atoms with E-state index in [0.717, 1.165) is 0 Å². The molecule has 0 saturated heterocycles. The summed E-state index contributed by atoms with van der Waals surface area (Å²) in [7, 11) is 0. The number of nitrogens with one attached hydrogen (secondary N) is 1. The fourth-order valence-electron chi connectivity index (χ4n) is 0.875. The molecule has 0 aromatic heterocycles. The molecule has 0 aromatic carbocycles. The molecule has 1 amide bonds. The fraction of sp³-hybridized carbons (Fsp3) is 0.909. The lowest BCUT2D eigenvalue weighted by Crippen LogP contribution is -2.50. The number of hydrogen-bond donors (Lipinski definition) is 2. The van der Waals surface area contributed by atoms with Gasteiger partial charge in [0.15, 0.2) is 0 Å². The summed E-state index contributed by atoms with van der Waals surface area (Å²) in [6.07, 6.45) is 2.04. The van der Waals surface area contributed by atoms with E-state index in [-0.39, 0.29) is 16.1 Å². The number of carbonyl (C=O) groups is 1. The molecule has 0 aliphatic rings. The maximum Gasteiger partial charge on any atom is 0.237 e. The van der Waals surface area contributed by atoms with Crippen LogP contribution in [0.25, 0.3) is 0 Å². The van der Waals surface area contributed by atoms with Crippen LogP contribution in [0.15, 0.2) is 0 Å². The smallest absolute Gasteiger partial charge is 0.237 e. The second-order valence-electron chi connectivity index (χ2n) is 5.53. The minimum Gasteiger partial charge on any atom is -0.353 e. The van der Waals surface area contributed by atoms with E-state index in [1.54, 1.807) is 11.8 Å². The summed E-state index contributed by atoms with van der Waals surface area (Å²) in [4.78, 5) is 11.7. The van der Waals surface area contributed by atoms with Crippen LogP contribution < -0.4 is 11.1 Å². The highest BCUT2D eigenvalue weighted by atomic mass is 32.2. The summed E-state index contributed by atoms with van der Waals surface area (Å²) >= 11 is 1.73. The van der Waals surface area contributed by atoms with Crippen LogP contribution in [0.1, 0.15) is 34.6 Å². The summed E-state index contributed by atoms with van der Waals surface area (Å²) in [5, 5.41) is 2.90. The summed E-state index contributed by atoms with van der Waals surface area (Å²) in [6.45, 7) is 10.8. The molecule has 90 valence electrons. The first-order valence-corrected chi connectivity index (χ1v) is 6.41. The number of thioether (sulfide) groups is 1. The topological polar surface area (TPSA) is 55.1 Å². The summed E-state index contributed by atoms with van der Waals surface area (Å²) in [6, 6.07) is -0.449. The molecule has 0 fully saturated rings. The van der Waals surface area contributed by atoms with E-state index >= 15 is 0 Å². The molecule has 0 unspecified atom stereocenters. The van der Waals surface area contributed by atoms with Crippen LogP contribution in [0.4, 0.5) is 0 Å². The zero-order valence-electron chi connectivity index (χ0n) is 10.7. The maximum absolute atomic E-state index is 11.7. The third-order valence-corrected chi connectivity index (χ3v) is 3.71. The Morgan fingerprint density at radius 3 is 2.13 bits per heavy atom. The average Bonchev–Trinajstić information content (AvgIpc) is 2.11. The standard InChI is InChI=1S/C11H24N2OS/c1-10(2,3)8(12)9(14)13-7-11(4,5)15-6/h8H,7,12H2,1-6H3,(H,13,14)/t8-/m1/s1. The molecule has 1 atom stereocenters. The van der Waals surface area contributed by atoms with Crippen molar-refractivity contribution < 1.29 is 4.79 Å². The Morgan fingerprint density at radius 1 is 1.33 bits per heavy atom. The van der Waals surface area contributed by atoms with Crippen LogP contribution in [-0.4, -0.2) is 29.5 Å². The number of hydrogen-bond acceptors (Lipinski definition) is 3.